The molecule has 0 saturated carbocycles. The molecular weight excluding hydrogens is 242 g/mol. The zero-order valence-corrected chi connectivity index (χ0v) is 10.8. The summed E-state index contributed by atoms with van der Waals surface area (Å²) in [6, 6.07) is 0. The molecule has 7 heteroatoms. The van der Waals surface area contributed by atoms with Crippen LogP contribution in [0.25, 0.3) is 0 Å². The Morgan fingerprint density at radius 3 is 2.82 bits per heavy atom. The normalized spacial score (nSPS) is 11.9. The first kappa shape index (κ1) is 14.1. The van der Waals surface area contributed by atoms with Gasteiger partial charge in [-0.05, 0) is 12.8 Å². The van der Waals surface area contributed by atoms with Crippen molar-refractivity contribution in [3.05, 3.63) is 18.2 Å². The van der Waals surface area contributed by atoms with E-state index in [1.807, 2.05) is 17.8 Å². The fraction of sp³-hybridized carbons (Fsp3) is 0.700. The summed E-state index contributed by atoms with van der Waals surface area (Å²) in [5.74, 6) is 0.914. The van der Waals surface area contributed by atoms with Crippen LogP contribution in [0.3, 0.4) is 0 Å². The fourth-order valence-corrected chi connectivity index (χ4v) is 2.57. The minimum absolute atomic E-state index is 0.0305. The van der Waals surface area contributed by atoms with E-state index in [1.165, 1.54) is 0 Å². The van der Waals surface area contributed by atoms with Crippen molar-refractivity contribution >= 4 is 10.0 Å². The highest BCUT2D eigenvalue weighted by Gasteiger charge is 2.09. The molecule has 0 aromatic carbocycles. The van der Waals surface area contributed by atoms with Crippen molar-refractivity contribution in [3.8, 4) is 0 Å². The van der Waals surface area contributed by atoms with E-state index < -0.39 is 10.0 Å². The van der Waals surface area contributed by atoms with Crippen molar-refractivity contribution in [2.45, 2.75) is 19.3 Å². The summed E-state index contributed by atoms with van der Waals surface area (Å²) in [6.45, 7) is 0.384. The maximum absolute atomic E-state index is 11.5. The summed E-state index contributed by atoms with van der Waals surface area (Å²) in [6.07, 6.45) is 5.08. The zero-order chi connectivity index (χ0) is 12.7. The van der Waals surface area contributed by atoms with Gasteiger partial charge in [0.15, 0.2) is 0 Å². The Kier molecular flexibility index (Phi) is 5.60. The van der Waals surface area contributed by atoms with Crippen LogP contribution in [0, 0.1) is 0 Å². The number of aryl methyl sites for hydroxylation is 1. The van der Waals surface area contributed by atoms with Crippen LogP contribution in [0.2, 0.25) is 0 Å². The number of aliphatic hydroxyl groups is 1. The van der Waals surface area contributed by atoms with Crippen LogP contribution >= 0.6 is 0 Å². The van der Waals surface area contributed by atoms with E-state index in [0.29, 0.717) is 25.8 Å². The number of aromatic nitrogens is 2. The highest BCUT2D eigenvalue weighted by molar-refractivity contribution is 7.89. The molecule has 0 spiro atoms. The molecule has 0 amide bonds. The first-order valence-electron chi connectivity index (χ1n) is 5.59. The van der Waals surface area contributed by atoms with Gasteiger partial charge < -0.3 is 9.67 Å². The predicted octanol–water partition coefficient (Wildman–Crippen LogP) is -0.345. The summed E-state index contributed by atoms with van der Waals surface area (Å²) in [7, 11) is -1.34. The van der Waals surface area contributed by atoms with Crippen LogP contribution in [0.15, 0.2) is 12.4 Å². The lowest BCUT2D eigenvalue weighted by Gasteiger charge is -2.06. The molecule has 0 aliphatic heterocycles. The van der Waals surface area contributed by atoms with Crippen LogP contribution in [-0.4, -0.2) is 42.0 Å². The quantitative estimate of drug-likeness (QED) is 0.627. The van der Waals surface area contributed by atoms with Crippen LogP contribution in [-0.2, 0) is 23.5 Å². The molecule has 0 radical (unpaired) electrons. The monoisotopic (exact) mass is 261 g/mol. The van der Waals surface area contributed by atoms with E-state index in [-0.39, 0.29) is 12.4 Å². The summed E-state index contributed by atoms with van der Waals surface area (Å²) in [5.41, 5.74) is 0. The molecule has 0 unspecified atom stereocenters. The first-order valence-corrected chi connectivity index (χ1v) is 7.25. The lowest BCUT2D eigenvalue weighted by molar-refractivity contribution is 0.287. The number of nitrogens with zero attached hydrogens (tertiary/aromatic N) is 2. The summed E-state index contributed by atoms with van der Waals surface area (Å²) in [5, 5.41) is 8.57. The highest BCUT2D eigenvalue weighted by Crippen LogP contribution is 1.97. The third-order valence-corrected chi connectivity index (χ3v) is 3.88. The number of aliphatic hydroxyl groups excluding tert-OH is 1. The maximum atomic E-state index is 11.5. The molecule has 0 saturated heterocycles. The summed E-state index contributed by atoms with van der Waals surface area (Å²) in [4.78, 5) is 4.11. The van der Waals surface area contributed by atoms with Gasteiger partial charge in [-0.15, -0.1) is 0 Å². The van der Waals surface area contributed by atoms with Crippen molar-refractivity contribution in [3.63, 3.8) is 0 Å². The SMILES string of the molecule is Cn1ccnc1CCNS(=O)(=O)CCCCO. The van der Waals surface area contributed by atoms with E-state index in [2.05, 4.69) is 9.71 Å². The average Bonchev–Trinajstić information content (AvgIpc) is 2.64. The largest absolute Gasteiger partial charge is 0.396 e. The van der Waals surface area contributed by atoms with Crippen LogP contribution < -0.4 is 4.72 Å². The number of rotatable bonds is 8. The van der Waals surface area contributed by atoms with E-state index in [4.69, 9.17) is 5.11 Å². The third-order valence-electron chi connectivity index (χ3n) is 2.41. The first-order chi connectivity index (χ1) is 8.05. The second kappa shape index (κ2) is 6.73. The smallest absolute Gasteiger partial charge is 0.211 e. The molecule has 17 heavy (non-hydrogen) atoms. The van der Waals surface area contributed by atoms with Gasteiger partial charge in [-0.1, -0.05) is 0 Å². The molecule has 1 aromatic heterocycles. The molecule has 0 atom stereocenters. The van der Waals surface area contributed by atoms with Gasteiger partial charge in [0.1, 0.15) is 5.82 Å². The van der Waals surface area contributed by atoms with Crippen LogP contribution in [0.1, 0.15) is 18.7 Å². The number of nitrogens with one attached hydrogen (secondary N) is 1. The van der Waals surface area contributed by atoms with E-state index in [1.54, 1.807) is 6.20 Å². The van der Waals surface area contributed by atoms with Crippen LogP contribution in [0.5, 0.6) is 0 Å². The Labute approximate surface area is 102 Å². The second-order valence-corrected chi connectivity index (χ2v) is 5.77. The van der Waals surface area contributed by atoms with E-state index in [9.17, 15) is 8.42 Å². The molecule has 1 rings (SSSR count). The molecule has 2 N–H and O–H groups in total. The predicted molar refractivity (Wildman–Crippen MR) is 65.0 cm³/mol. The Bertz CT molecular complexity index is 428. The summed E-state index contributed by atoms with van der Waals surface area (Å²) >= 11 is 0. The van der Waals surface area contributed by atoms with Gasteiger partial charge in [-0.2, -0.15) is 0 Å². The van der Waals surface area contributed by atoms with Gasteiger partial charge in [0.2, 0.25) is 10.0 Å². The highest BCUT2D eigenvalue weighted by atomic mass is 32.2. The maximum Gasteiger partial charge on any atom is 0.211 e. The van der Waals surface area contributed by atoms with Gasteiger partial charge >= 0.3 is 0 Å². The molecule has 1 aromatic rings. The minimum Gasteiger partial charge on any atom is -0.396 e. The van der Waals surface area contributed by atoms with Gasteiger partial charge in [0.05, 0.1) is 5.75 Å². The Morgan fingerprint density at radius 2 is 2.24 bits per heavy atom. The van der Waals surface area contributed by atoms with E-state index in [0.717, 1.165) is 5.82 Å². The second-order valence-electron chi connectivity index (χ2n) is 3.85. The lowest BCUT2D eigenvalue weighted by Crippen LogP contribution is -2.29. The lowest BCUT2D eigenvalue weighted by atomic mass is 10.4. The molecule has 0 fully saturated rings. The Balaban J connectivity index is 2.28. The number of hydrogen-bond donors (Lipinski definition) is 2. The third kappa shape index (κ3) is 5.29. The molecule has 6 nitrogen and oxygen atoms in total. The molecule has 0 aliphatic carbocycles. The zero-order valence-electron chi connectivity index (χ0n) is 9.96. The van der Waals surface area contributed by atoms with Crippen molar-refractivity contribution in [2.24, 2.45) is 7.05 Å². The topological polar surface area (TPSA) is 84.2 Å². The van der Waals surface area contributed by atoms with Gasteiger partial charge in [0.25, 0.3) is 0 Å². The van der Waals surface area contributed by atoms with Crippen molar-refractivity contribution in [2.75, 3.05) is 18.9 Å². The van der Waals surface area contributed by atoms with Gasteiger partial charge in [-0.25, -0.2) is 18.1 Å². The number of unbranched alkanes of at least 4 members (excludes halogenated alkanes) is 1. The summed E-state index contributed by atoms with van der Waals surface area (Å²) < 4.78 is 27.4. The van der Waals surface area contributed by atoms with Gasteiger partial charge in [0, 0.05) is 39.0 Å². The Morgan fingerprint density at radius 1 is 1.47 bits per heavy atom. The van der Waals surface area contributed by atoms with Gasteiger partial charge in [-0.3, -0.25) is 0 Å². The fourth-order valence-electron chi connectivity index (χ4n) is 1.43. The molecule has 0 aliphatic rings. The van der Waals surface area contributed by atoms with Crippen molar-refractivity contribution < 1.29 is 13.5 Å². The standard InChI is InChI=1S/C10H19N3O3S/c1-13-7-6-11-10(13)4-5-12-17(15,16)9-3-2-8-14/h6-7,12,14H,2-5,8-9H2,1H3. The molecule has 98 valence electrons. The van der Waals surface area contributed by atoms with Crippen LogP contribution in [0.4, 0.5) is 0 Å². The molecule has 0 bridgehead atoms. The number of imidazole rings is 1. The van der Waals surface area contributed by atoms with Crippen molar-refractivity contribution in [1.82, 2.24) is 14.3 Å². The Hall–Kier alpha value is -0.920. The minimum atomic E-state index is -3.22. The molecule has 1 heterocycles. The van der Waals surface area contributed by atoms with Crippen molar-refractivity contribution in [1.29, 1.82) is 0 Å². The average molecular weight is 261 g/mol. The number of sulfonamides is 1. The molecular formula is C10H19N3O3S. The van der Waals surface area contributed by atoms with E-state index >= 15 is 0 Å². The number of hydrogen-bond acceptors (Lipinski definition) is 4.